The third-order valence-corrected chi connectivity index (χ3v) is 3.23. The topological polar surface area (TPSA) is 51.5 Å². The van der Waals surface area contributed by atoms with Crippen LogP contribution >= 0.6 is 0 Å². The van der Waals surface area contributed by atoms with Gasteiger partial charge in [-0.15, -0.1) is 0 Å². The van der Waals surface area contributed by atoms with Crippen LogP contribution in [0.2, 0.25) is 0 Å². The Bertz CT molecular complexity index is 743. The number of methoxy groups -OCH3 is 1. The SMILES string of the molecule is COC(=O)c1cccc(NCc2cc3ccccc3o2)c1. The number of carbonyl (C=O) groups excluding carboxylic acids is 1. The Kier molecular flexibility index (Phi) is 3.60. The number of hydrogen-bond donors (Lipinski definition) is 1. The van der Waals surface area contributed by atoms with E-state index in [0.717, 1.165) is 22.4 Å². The van der Waals surface area contributed by atoms with E-state index >= 15 is 0 Å². The number of nitrogens with one attached hydrogen (secondary N) is 1. The first kappa shape index (κ1) is 13.2. The fourth-order valence-electron chi connectivity index (χ4n) is 2.19. The maximum atomic E-state index is 11.5. The molecule has 0 radical (unpaired) electrons. The molecule has 1 heterocycles. The van der Waals surface area contributed by atoms with Gasteiger partial charge in [0.15, 0.2) is 0 Å². The molecular formula is C17H15NO3. The minimum Gasteiger partial charge on any atom is -0.465 e. The zero-order chi connectivity index (χ0) is 14.7. The Morgan fingerprint density at radius 3 is 2.81 bits per heavy atom. The number of ether oxygens (including phenoxy) is 1. The van der Waals surface area contributed by atoms with Crippen molar-refractivity contribution in [2.45, 2.75) is 6.54 Å². The second kappa shape index (κ2) is 5.71. The van der Waals surface area contributed by atoms with Crippen molar-refractivity contribution in [2.24, 2.45) is 0 Å². The molecule has 21 heavy (non-hydrogen) atoms. The molecule has 4 nitrogen and oxygen atoms in total. The standard InChI is InChI=1S/C17H15NO3/c1-20-17(19)13-6-4-7-14(9-13)18-11-15-10-12-5-2-3-8-16(12)21-15/h2-10,18H,11H2,1H3. The van der Waals surface area contributed by atoms with Crippen molar-refractivity contribution in [2.75, 3.05) is 12.4 Å². The van der Waals surface area contributed by atoms with Crippen LogP contribution in [0.15, 0.2) is 59.0 Å². The van der Waals surface area contributed by atoms with Crippen LogP contribution in [0, 0.1) is 0 Å². The second-order valence-electron chi connectivity index (χ2n) is 4.68. The molecule has 0 aliphatic rings. The number of anilines is 1. The Morgan fingerprint density at radius 2 is 2.00 bits per heavy atom. The van der Waals surface area contributed by atoms with E-state index in [1.54, 1.807) is 12.1 Å². The maximum Gasteiger partial charge on any atom is 0.337 e. The van der Waals surface area contributed by atoms with Gasteiger partial charge >= 0.3 is 5.97 Å². The highest BCUT2D eigenvalue weighted by molar-refractivity contribution is 5.90. The normalized spacial score (nSPS) is 10.5. The molecule has 0 fully saturated rings. The molecule has 0 amide bonds. The molecule has 0 saturated carbocycles. The number of carbonyl (C=O) groups is 1. The Morgan fingerprint density at radius 1 is 1.14 bits per heavy atom. The molecule has 3 aromatic rings. The molecule has 0 aliphatic heterocycles. The molecule has 0 unspecified atom stereocenters. The Labute approximate surface area is 122 Å². The summed E-state index contributed by atoms with van der Waals surface area (Å²) in [5.41, 5.74) is 2.24. The molecule has 3 rings (SSSR count). The predicted octanol–water partition coefficient (Wildman–Crippen LogP) is 3.83. The highest BCUT2D eigenvalue weighted by Gasteiger charge is 2.06. The van der Waals surface area contributed by atoms with Gasteiger partial charge in [0.05, 0.1) is 19.2 Å². The predicted molar refractivity (Wildman–Crippen MR) is 81.3 cm³/mol. The smallest absolute Gasteiger partial charge is 0.337 e. The van der Waals surface area contributed by atoms with Gasteiger partial charge < -0.3 is 14.5 Å². The molecule has 1 N–H and O–H groups in total. The van der Waals surface area contributed by atoms with Gasteiger partial charge in [0, 0.05) is 11.1 Å². The third-order valence-electron chi connectivity index (χ3n) is 3.23. The van der Waals surface area contributed by atoms with Crippen molar-refractivity contribution in [3.8, 4) is 0 Å². The number of rotatable bonds is 4. The molecule has 1 aromatic heterocycles. The van der Waals surface area contributed by atoms with Crippen LogP contribution in [0.1, 0.15) is 16.1 Å². The zero-order valence-corrected chi connectivity index (χ0v) is 11.6. The van der Waals surface area contributed by atoms with Crippen LogP contribution in [0.4, 0.5) is 5.69 Å². The molecule has 0 atom stereocenters. The number of hydrogen-bond acceptors (Lipinski definition) is 4. The van der Waals surface area contributed by atoms with Crippen LogP contribution in [0.5, 0.6) is 0 Å². The summed E-state index contributed by atoms with van der Waals surface area (Å²) in [6.45, 7) is 0.555. The summed E-state index contributed by atoms with van der Waals surface area (Å²) in [5, 5.41) is 4.32. The van der Waals surface area contributed by atoms with Gasteiger partial charge in [0.25, 0.3) is 0 Å². The molecular weight excluding hydrogens is 266 g/mol. The fourth-order valence-corrected chi connectivity index (χ4v) is 2.19. The summed E-state index contributed by atoms with van der Waals surface area (Å²) in [6, 6.07) is 17.1. The van der Waals surface area contributed by atoms with Crippen molar-refractivity contribution in [3.05, 3.63) is 65.9 Å². The van der Waals surface area contributed by atoms with E-state index in [1.807, 2.05) is 42.5 Å². The number of fused-ring (bicyclic) bond motifs is 1. The summed E-state index contributed by atoms with van der Waals surface area (Å²) in [6.07, 6.45) is 0. The first-order valence-corrected chi connectivity index (χ1v) is 6.66. The molecule has 0 saturated heterocycles. The number of benzene rings is 2. The van der Waals surface area contributed by atoms with E-state index in [2.05, 4.69) is 5.32 Å². The van der Waals surface area contributed by atoms with Crippen LogP contribution in [-0.4, -0.2) is 13.1 Å². The van der Waals surface area contributed by atoms with E-state index in [4.69, 9.17) is 9.15 Å². The largest absolute Gasteiger partial charge is 0.465 e. The minimum atomic E-state index is -0.345. The van der Waals surface area contributed by atoms with Gasteiger partial charge in [-0.05, 0) is 30.3 Å². The Hall–Kier alpha value is -2.75. The van der Waals surface area contributed by atoms with Gasteiger partial charge in [-0.25, -0.2) is 4.79 Å². The molecule has 2 aromatic carbocycles. The number of furan rings is 1. The highest BCUT2D eigenvalue weighted by atomic mass is 16.5. The van der Waals surface area contributed by atoms with E-state index in [1.165, 1.54) is 7.11 Å². The van der Waals surface area contributed by atoms with Gasteiger partial charge in [-0.2, -0.15) is 0 Å². The average molecular weight is 281 g/mol. The lowest BCUT2D eigenvalue weighted by atomic mass is 10.2. The summed E-state index contributed by atoms with van der Waals surface area (Å²) in [4.78, 5) is 11.5. The lowest BCUT2D eigenvalue weighted by Crippen LogP contribution is -2.03. The van der Waals surface area contributed by atoms with Gasteiger partial charge in [0.1, 0.15) is 11.3 Å². The quantitative estimate of drug-likeness (QED) is 0.738. The van der Waals surface area contributed by atoms with Crippen LogP contribution < -0.4 is 5.32 Å². The van der Waals surface area contributed by atoms with Crippen molar-refractivity contribution >= 4 is 22.6 Å². The average Bonchev–Trinajstić information content (AvgIpc) is 2.95. The Balaban J connectivity index is 1.73. The van der Waals surface area contributed by atoms with Crippen molar-refractivity contribution < 1.29 is 13.9 Å². The monoisotopic (exact) mass is 281 g/mol. The third kappa shape index (κ3) is 2.89. The van der Waals surface area contributed by atoms with Gasteiger partial charge in [-0.3, -0.25) is 0 Å². The van der Waals surface area contributed by atoms with Crippen molar-refractivity contribution in [3.63, 3.8) is 0 Å². The molecule has 0 bridgehead atoms. The molecule has 0 aliphatic carbocycles. The van der Waals surface area contributed by atoms with Crippen LogP contribution in [0.3, 0.4) is 0 Å². The van der Waals surface area contributed by atoms with Crippen molar-refractivity contribution in [1.82, 2.24) is 0 Å². The molecule has 0 spiro atoms. The van der Waals surface area contributed by atoms with Gasteiger partial charge in [-0.1, -0.05) is 24.3 Å². The minimum absolute atomic E-state index is 0.345. The molecule has 106 valence electrons. The first-order valence-electron chi connectivity index (χ1n) is 6.66. The highest BCUT2D eigenvalue weighted by Crippen LogP contribution is 2.20. The van der Waals surface area contributed by atoms with Crippen LogP contribution in [-0.2, 0) is 11.3 Å². The van der Waals surface area contributed by atoms with E-state index < -0.39 is 0 Å². The summed E-state index contributed by atoms with van der Waals surface area (Å²) >= 11 is 0. The maximum absolute atomic E-state index is 11.5. The zero-order valence-electron chi connectivity index (χ0n) is 11.6. The lowest BCUT2D eigenvalue weighted by molar-refractivity contribution is 0.0601. The second-order valence-corrected chi connectivity index (χ2v) is 4.68. The summed E-state index contributed by atoms with van der Waals surface area (Å²) in [5.74, 6) is 0.502. The summed E-state index contributed by atoms with van der Waals surface area (Å²) < 4.78 is 10.4. The van der Waals surface area contributed by atoms with E-state index in [-0.39, 0.29) is 5.97 Å². The fraction of sp³-hybridized carbons (Fsp3) is 0.118. The van der Waals surface area contributed by atoms with E-state index in [9.17, 15) is 4.79 Å². The number of esters is 1. The first-order chi connectivity index (χ1) is 10.3. The van der Waals surface area contributed by atoms with Crippen molar-refractivity contribution in [1.29, 1.82) is 0 Å². The van der Waals surface area contributed by atoms with Crippen LogP contribution in [0.25, 0.3) is 11.0 Å². The summed E-state index contributed by atoms with van der Waals surface area (Å²) in [7, 11) is 1.37. The number of para-hydroxylation sites is 1. The lowest BCUT2D eigenvalue weighted by Gasteiger charge is -2.06. The molecule has 4 heteroatoms. The van der Waals surface area contributed by atoms with E-state index in [0.29, 0.717) is 12.1 Å². The van der Waals surface area contributed by atoms with Gasteiger partial charge in [0.2, 0.25) is 0 Å².